The van der Waals surface area contributed by atoms with Crippen molar-refractivity contribution in [2.75, 3.05) is 0 Å². The van der Waals surface area contributed by atoms with Crippen LogP contribution in [0.15, 0.2) is 30.3 Å². The van der Waals surface area contributed by atoms with Gasteiger partial charge in [0.15, 0.2) is 5.78 Å². The summed E-state index contributed by atoms with van der Waals surface area (Å²) in [6, 6.07) is 12.6. The molecule has 18 heavy (non-hydrogen) atoms. The lowest BCUT2D eigenvalue weighted by Gasteiger charge is -2.17. The first-order valence-electron chi connectivity index (χ1n) is 6.75. The molecule has 2 heteroatoms. The number of nitrogens with zero attached hydrogens (tertiary/aromatic N) is 1. The van der Waals surface area contributed by atoms with Crippen LogP contribution >= 0.6 is 0 Å². The molecule has 1 aliphatic carbocycles. The van der Waals surface area contributed by atoms with Crippen LogP contribution in [-0.2, 0) is 11.2 Å². The van der Waals surface area contributed by atoms with E-state index in [1.165, 1.54) is 5.56 Å². The van der Waals surface area contributed by atoms with Crippen molar-refractivity contribution in [3.05, 3.63) is 35.9 Å². The smallest absolute Gasteiger partial charge is 0.153 e. The Bertz CT molecular complexity index is 446. The molecule has 94 valence electrons. The van der Waals surface area contributed by atoms with Crippen molar-refractivity contribution in [3.63, 3.8) is 0 Å². The zero-order valence-electron chi connectivity index (χ0n) is 10.7. The summed E-state index contributed by atoms with van der Waals surface area (Å²) in [6.07, 6.45) is 6.08. The maximum atomic E-state index is 11.8. The molecule has 0 bridgehead atoms. The number of aryl methyl sites for hydroxylation is 1. The van der Waals surface area contributed by atoms with Gasteiger partial charge in [-0.2, -0.15) is 5.26 Å². The third-order valence-electron chi connectivity index (χ3n) is 3.92. The molecule has 0 aliphatic heterocycles. The van der Waals surface area contributed by atoms with E-state index in [0.717, 1.165) is 38.5 Å². The van der Waals surface area contributed by atoms with Crippen LogP contribution in [-0.4, -0.2) is 5.78 Å². The van der Waals surface area contributed by atoms with Gasteiger partial charge in [-0.3, -0.25) is 4.79 Å². The molecule has 1 saturated carbocycles. The number of nitriles is 1. The van der Waals surface area contributed by atoms with E-state index >= 15 is 0 Å². The summed E-state index contributed by atoms with van der Waals surface area (Å²) in [5.41, 5.74) is 0.692. The number of Topliss-reactive ketones (excluding diaryl/α,β-unsaturated/α-hetero) is 1. The Morgan fingerprint density at radius 2 is 2.00 bits per heavy atom. The van der Waals surface area contributed by atoms with Crippen molar-refractivity contribution in [2.24, 2.45) is 5.41 Å². The molecule has 0 radical (unpaired) electrons. The van der Waals surface area contributed by atoms with E-state index in [1.807, 2.05) is 18.2 Å². The van der Waals surface area contributed by atoms with E-state index in [0.29, 0.717) is 6.42 Å². The molecule has 1 fully saturated rings. The minimum Gasteiger partial charge on any atom is -0.298 e. The van der Waals surface area contributed by atoms with E-state index in [9.17, 15) is 10.1 Å². The summed E-state index contributed by atoms with van der Waals surface area (Å²) in [6.45, 7) is 0. The van der Waals surface area contributed by atoms with Crippen LogP contribution in [0.5, 0.6) is 0 Å². The number of carbonyl (C=O) groups excluding carboxylic acids is 1. The maximum absolute atomic E-state index is 11.8. The van der Waals surface area contributed by atoms with Gasteiger partial charge in [-0.15, -0.1) is 0 Å². The van der Waals surface area contributed by atoms with Crippen LogP contribution in [0.2, 0.25) is 0 Å². The second-order valence-corrected chi connectivity index (χ2v) is 5.16. The Morgan fingerprint density at radius 3 is 2.61 bits per heavy atom. The van der Waals surface area contributed by atoms with E-state index in [-0.39, 0.29) is 5.78 Å². The SMILES string of the molecule is N#CC1(CCCCc2ccccc2)CCCC1=O. The molecule has 1 unspecified atom stereocenters. The minimum atomic E-state index is -0.642. The van der Waals surface area contributed by atoms with E-state index in [2.05, 4.69) is 18.2 Å². The molecule has 0 amide bonds. The molecule has 1 aliphatic rings. The maximum Gasteiger partial charge on any atom is 0.153 e. The summed E-state index contributed by atoms with van der Waals surface area (Å²) in [7, 11) is 0. The molecule has 0 saturated heterocycles. The summed E-state index contributed by atoms with van der Waals surface area (Å²) in [5, 5.41) is 9.23. The van der Waals surface area contributed by atoms with Gasteiger partial charge in [0, 0.05) is 6.42 Å². The molecular formula is C16H19NO. The fourth-order valence-corrected chi connectivity index (χ4v) is 2.77. The number of ketones is 1. The van der Waals surface area contributed by atoms with E-state index < -0.39 is 5.41 Å². The van der Waals surface area contributed by atoms with E-state index in [1.54, 1.807) is 0 Å². The summed E-state index contributed by atoms with van der Waals surface area (Å²) >= 11 is 0. The monoisotopic (exact) mass is 241 g/mol. The Hall–Kier alpha value is -1.62. The van der Waals surface area contributed by atoms with Crippen molar-refractivity contribution in [1.82, 2.24) is 0 Å². The van der Waals surface area contributed by atoms with Gasteiger partial charge in [0.05, 0.1) is 6.07 Å². The number of carbonyl (C=O) groups is 1. The summed E-state index contributed by atoms with van der Waals surface area (Å²) < 4.78 is 0. The molecule has 0 aromatic heterocycles. The third kappa shape index (κ3) is 2.79. The van der Waals surface area contributed by atoms with Crippen molar-refractivity contribution in [1.29, 1.82) is 5.26 Å². The predicted molar refractivity (Wildman–Crippen MR) is 70.9 cm³/mol. The number of hydrogen-bond acceptors (Lipinski definition) is 2. The summed E-state index contributed by atoms with van der Waals surface area (Å²) in [5.74, 6) is 0.171. The molecular weight excluding hydrogens is 222 g/mol. The highest BCUT2D eigenvalue weighted by Crippen LogP contribution is 2.38. The second kappa shape index (κ2) is 5.82. The number of benzene rings is 1. The van der Waals surface area contributed by atoms with Gasteiger partial charge >= 0.3 is 0 Å². The number of hydrogen-bond donors (Lipinski definition) is 0. The fraction of sp³-hybridized carbons (Fsp3) is 0.500. The lowest BCUT2D eigenvalue weighted by molar-refractivity contribution is -0.123. The number of unbranched alkanes of at least 4 members (excludes halogenated alkanes) is 1. The number of rotatable bonds is 5. The standard InChI is InChI=1S/C16H19NO/c17-13-16(12-6-10-15(16)18)11-5-4-9-14-7-2-1-3-8-14/h1-3,7-8H,4-6,9-12H2. The van der Waals surface area contributed by atoms with Gasteiger partial charge in [0.25, 0.3) is 0 Å². The van der Waals surface area contributed by atoms with Crippen LogP contribution in [0.1, 0.15) is 44.1 Å². The van der Waals surface area contributed by atoms with Crippen molar-refractivity contribution < 1.29 is 4.79 Å². The normalized spacial score (nSPS) is 22.9. The lowest BCUT2D eigenvalue weighted by Crippen LogP contribution is -2.23. The highest BCUT2D eigenvalue weighted by Gasteiger charge is 2.41. The Kier molecular flexibility index (Phi) is 4.15. The molecule has 2 rings (SSSR count). The Morgan fingerprint density at radius 1 is 1.22 bits per heavy atom. The first-order chi connectivity index (χ1) is 8.77. The molecule has 1 aromatic rings. The fourth-order valence-electron chi connectivity index (χ4n) is 2.77. The van der Waals surface area contributed by atoms with Gasteiger partial charge in [0.1, 0.15) is 5.41 Å². The highest BCUT2D eigenvalue weighted by molar-refractivity contribution is 5.89. The third-order valence-corrected chi connectivity index (χ3v) is 3.92. The highest BCUT2D eigenvalue weighted by atomic mass is 16.1. The predicted octanol–water partition coefficient (Wildman–Crippen LogP) is 3.66. The first-order valence-corrected chi connectivity index (χ1v) is 6.75. The molecule has 0 heterocycles. The van der Waals surface area contributed by atoms with Crippen molar-refractivity contribution in [3.8, 4) is 6.07 Å². The van der Waals surface area contributed by atoms with Gasteiger partial charge in [0.2, 0.25) is 0 Å². The average Bonchev–Trinajstić information content (AvgIpc) is 2.78. The topological polar surface area (TPSA) is 40.9 Å². The molecule has 1 aromatic carbocycles. The molecule has 0 N–H and O–H groups in total. The minimum absolute atomic E-state index is 0.171. The lowest BCUT2D eigenvalue weighted by atomic mass is 9.81. The van der Waals surface area contributed by atoms with Crippen LogP contribution in [0.25, 0.3) is 0 Å². The summed E-state index contributed by atoms with van der Waals surface area (Å²) in [4.78, 5) is 11.8. The van der Waals surface area contributed by atoms with Crippen LogP contribution in [0.3, 0.4) is 0 Å². The average molecular weight is 241 g/mol. The van der Waals surface area contributed by atoms with Gasteiger partial charge in [-0.1, -0.05) is 36.8 Å². The van der Waals surface area contributed by atoms with Crippen molar-refractivity contribution in [2.45, 2.75) is 44.9 Å². The van der Waals surface area contributed by atoms with Gasteiger partial charge < -0.3 is 0 Å². The quantitative estimate of drug-likeness (QED) is 0.738. The van der Waals surface area contributed by atoms with Crippen LogP contribution in [0.4, 0.5) is 0 Å². The van der Waals surface area contributed by atoms with Crippen LogP contribution in [0, 0.1) is 16.7 Å². The molecule has 2 nitrogen and oxygen atoms in total. The van der Waals surface area contributed by atoms with Gasteiger partial charge in [-0.05, 0) is 37.7 Å². The zero-order valence-corrected chi connectivity index (χ0v) is 10.7. The molecule has 1 atom stereocenters. The largest absolute Gasteiger partial charge is 0.298 e. The van der Waals surface area contributed by atoms with E-state index in [4.69, 9.17) is 0 Å². The van der Waals surface area contributed by atoms with Gasteiger partial charge in [-0.25, -0.2) is 0 Å². The Balaban J connectivity index is 1.79. The second-order valence-electron chi connectivity index (χ2n) is 5.16. The zero-order chi connectivity index (χ0) is 12.8. The Labute approximate surface area is 109 Å². The first kappa shape index (κ1) is 12.8. The van der Waals surface area contributed by atoms with Crippen LogP contribution < -0.4 is 0 Å². The van der Waals surface area contributed by atoms with Crippen molar-refractivity contribution >= 4 is 5.78 Å². The molecule has 0 spiro atoms.